The fourth-order valence-corrected chi connectivity index (χ4v) is 2.32. The fraction of sp³-hybridized carbons (Fsp3) is 0.278. The zero-order valence-corrected chi connectivity index (χ0v) is 14.0. The van der Waals surface area contributed by atoms with Crippen LogP contribution in [-0.4, -0.2) is 16.9 Å². The monoisotopic (exact) mass is 327 g/mol. The summed E-state index contributed by atoms with van der Waals surface area (Å²) in [5.74, 6) is -0.321. The van der Waals surface area contributed by atoms with E-state index in [4.69, 9.17) is 0 Å². The van der Waals surface area contributed by atoms with Gasteiger partial charge >= 0.3 is 0 Å². The van der Waals surface area contributed by atoms with Crippen LogP contribution in [-0.2, 0) is 6.54 Å². The number of carbonyl (C=O) groups excluding carboxylic acids is 1. The number of hydrogen-bond donors (Lipinski definition) is 2. The highest BCUT2D eigenvalue weighted by Crippen LogP contribution is 2.26. The van der Waals surface area contributed by atoms with E-state index in [9.17, 15) is 14.9 Å². The third-order valence-corrected chi connectivity index (χ3v) is 3.61. The van der Waals surface area contributed by atoms with E-state index in [0.717, 1.165) is 11.1 Å². The van der Waals surface area contributed by atoms with Crippen molar-refractivity contribution in [2.45, 2.75) is 33.4 Å². The Bertz CT molecular complexity index is 757. The molecule has 0 heterocycles. The molecule has 0 saturated heterocycles. The molecule has 1 amide bonds. The van der Waals surface area contributed by atoms with E-state index in [1.54, 1.807) is 12.1 Å². The Kier molecular flexibility index (Phi) is 5.52. The highest BCUT2D eigenvalue weighted by atomic mass is 16.6. The summed E-state index contributed by atoms with van der Waals surface area (Å²) in [4.78, 5) is 22.9. The minimum absolute atomic E-state index is 0.0320. The molecule has 0 aliphatic heterocycles. The van der Waals surface area contributed by atoms with Crippen LogP contribution in [0.5, 0.6) is 0 Å². The zero-order valence-electron chi connectivity index (χ0n) is 14.0. The van der Waals surface area contributed by atoms with Crippen molar-refractivity contribution in [2.24, 2.45) is 0 Å². The minimum Gasteiger partial charge on any atom is -0.375 e. The Morgan fingerprint density at radius 1 is 1.21 bits per heavy atom. The SMILES string of the molecule is Cc1ccccc1CNc1ccc(C(=O)NC(C)C)cc1[N+](=O)[O-]. The van der Waals surface area contributed by atoms with Gasteiger partial charge in [-0.25, -0.2) is 0 Å². The van der Waals surface area contributed by atoms with Gasteiger partial charge in [0.2, 0.25) is 0 Å². The molecule has 0 spiro atoms. The maximum Gasteiger partial charge on any atom is 0.293 e. The van der Waals surface area contributed by atoms with E-state index in [2.05, 4.69) is 10.6 Å². The molecule has 0 radical (unpaired) electrons. The summed E-state index contributed by atoms with van der Waals surface area (Å²) in [5, 5.41) is 17.1. The van der Waals surface area contributed by atoms with Gasteiger partial charge in [-0.05, 0) is 44.0 Å². The second-order valence-corrected chi connectivity index (χ2v) is 5.90. The molecule has 0 unspecified atom stereocenters. The van der Waals surface area contributed by atoms with Gasteiger partial charge in [0.1, 0.15) is 5.69 Å². The van der Waals surface area contributed by atoms with Crippen LogP contribution in [0.2, 0.25) is 0 Å². The van der Waals surface area contributed by atoms with E-state index in [0.29, 0.717) is 12.2 Å². The van der Waals surface area contributed by atoms with Crippen molar-refractivity contribution in [3.8, 4) is 0 Å². The molecule has 0 atom stereocenters. The molecule has 0 bridgehead atoms. The molecule has 0 saturated carbocycles. The van der Waals surface area contributed by atoms with Gasteiger partial charge in [-0.15, -0.1) is 0 Å². The second kappa shape index (κ2) is 7.59. The second-order valence-electron chi connectivity index (χ2n) is 5.90. The lowest BCUT2D eigenvalue weighted by Gasteiger charge is -2.11. The van der Waals surface area contributed by atoms with E-state index in [1.165, 1.54) is 6.07 Å². The van der Waals surface area contributed by atoms with Crippen molar-refractivity contribution in [3.05, 3.63) is 69.3 Å². The van der Waals surface area contributed by atoms with Gasteiger partial charge in [0.25, 0.3) is 11.6 Å². The average Bonchev–Trinajstić information content (AvgIpc) is 2.53. The number of rotatable bonds is 6. The van der Waals surface area contributed by atoms with Crippen LogP contribution >= 0.6 is 0 Å². The predicted molar refractivity (Wildman–Crippen MR) is 94.2 cm³/mol. The van der Waals surface area contributed by atoms with Gasteiger partial charge in [-0.2, -0.15) is 0 Å². The topological polar surface area (TPSA) is 84.3 Å². The van der Waals surface area contributed by atoms with Crippen molar-refractivity contribution in [1.82, 2.24) is 5.32 Å². The molecule has 24 heavy (non-hydrogen) atoms. The largest absolute Gasteiger partial charge is 0.375 e. The molecular weight excluding hydrogens is 306 g/mol. The van der Waals surface area contributed by atoms with Crippen molar-refractivity contribution in [2.75, 3.05) is 5.32 Å². The number of anilines is 1. The standard InChI is InChI=1S/C18H21N3O3/c1-12(2)20-18(22)14-8-9-16(17(10-14)21(23)24)19-11-15-7-5-4-6-13(15)3/h4-10,12,19H,11H2,1-3H3,(H,20,22). The Balaban J connectivity index is 2.22. The van der Waals surface area contributed by atoms with Gasteiger partial charge in [0.15, 0.2) is 0 Å². The van der Waals surface area contributed by atoms with Crippen molar-refractivity contribution >= 4 is 17.3 Å². The van der Waals surface area contributed by atoms with E-state index in [-0.39, 0.29) is 23.2 Å². The van der Waals surface area contributed by atoms with Crippen LogP contribution in [0, 0.1) is 17.0 Å². The molecule has 2 rings (SSSR count). The van der Waals surface area contributed by atoms with Crippen LogP contribution in [0.1, 0.15) is 35.3 Å². The number of nitro groups is 1. The number of aryl methyl sites for hydroxylation is 1. The smallest absolute Gasteiger partial charge is 0.293 e. The minimum atomic E-state index is -0.480. The first-order valence-corrected chi connectivity index (χ1v) is 7.76. The molecule has 6 nitrogen and oxygen atoms in total. The van der Waals surface area contributed by atoms with Crippen LogP contribution in [0.4, 0.5) is 11.4 Å². The summed E-state index contributed by atoms with van der Waals surface area (Å²) in [5.41, 5.74) is 2.73. The van der Waals surface area contributed by atoms with E-state index < -0.39 is 4.92 Å². The lowest BCUT2D eigenvalue weighted by Crippen LogP contribution is -2.30. The number of hydrogen-bond acceptors (Lipinski definition) is 4. The normalized spacial score (nSPS) is 10.5. The number of benzene rings is 2. The van der Waals surface area contributed by atoms with E-state index in [1.807, 2.05) is 45.0 Å². The maximum atomic E-state index is 12.0. The zero-order chi connectivity index (χ0) is 17.7. The summed E-state index contributed by atoms with van der Waals surface area (Å²) < 4.78 is 0. The summed E-state index contributed by atoms with van der Waals surface area (Å²) in [6.45, 7) is 6.14. The van der Waals surface area contributed by atoms with Gasteiger partial charge in [0, 0.05) is 24.2 Å². The number of amides is 1. The first kappa shape index (κ1) is 17.5. The lowest BCUT2D eigenvalue weighted by atomic mass is 10.1. The lowest BCUT2D eigenvalue weighted by molar-refractivity contribution is -0.384. The van der Waals surface area contributed by atoms with Crippen molar-refractivity contribution < 1.29 is 9.72 Å². The summed E-state index contributed by atoms with van der Waals surface area (Å²) in [6, 6.07) is 12.3. The molecule has 126 valence electrons. The predicted octanol–water partition coefficient (Wildman–Crippen LogP) is 3.65. The van der Waals surface area contributed by atoms with Crippen LogP contribution in [0.15, 0.2) is 42.5 Å². The molecule has 0 aliphatic carbocycles. The Morgan fingerprint density at radius 3 is 2.54 bits per heavy atom. The van der Waals surface area contributed by atoms with Gasteiger partial charge in [-0.1, -0.05) is 24.3 Å². The summed E-state index contributed by atoms with van der Waals surface area (Å²) in [6.07, 6.45) is 0. The van der Waals surface area contributed by atoms with Gasteiger partial charge in [-0.3, -0.25) is 14.9 Å². The molecule has 6 heteroatoms. The van der Waals surface area contributed by atoms with Gasteiger partial charge in [0.05, 0.1) is 4.92 Å². The highest BCUT2D eigenvalue weighted by molar-refractivity contribution is 5.95. The molecule has 2 aromatic rings. The molecule has 2 aromatic carbocycles. The first-order valence-electron chi connectivity index (χ1n) is 7.76. The number of nitrogens with zero attached hydrogens (tertiary/aromatic N) is 1. The van der Waals surface area contributed by atoms with E-state index >= 15 is 0 Å². The van der Waals surface area contributed by atoms with Crippen LogP contribution in [0.3, 0.4) is 0 Å². The summed E-state index contributed by atoms with van der Waals surface area (Å²) >= 11 is 0. The third-order valence-electron chi connectivity index (χ3n) is 3.61. The average molecular weight is 327 g/mol. The third kappa shape index (κ3) is 4.32. The molecule has 0 aliphatic rings. The maximum absolute atomic E-state index is 12.0. The fourth-order valence-electron chi connectivity index (χ4n) is 2.32. The molecule has 0 aromatic heterocycles. The van der Waals surface area contributed by atoms with Crippen molar-refractivity contribution in [1.29, 1.82) is 0 Å². The van der Waals surface area contributed by atoms with Gasteiger partial charge < -0.3 is 10.6 Å². The highest BCUT2D eigenvalue weighted by Gasteiger charge is 2.18. The van der Waals surface area contributed by atoms with Crippen LogP contribution < -0.4 is 10.6 Å². The number of carbonyl (C=O) groups is 1. The number of nitrogens with one attached hydrogen (secondary N) is 2. The Hall–Kier alpha value is -2.89. The molecular formula is C18H21N3O3. The first-order chi connectivity index (χ1) is 11.4. The van der Waals surface area contributed by atoms with Crippen LogP contribution in [0.25, 0.3) is 0 Å². The Labute approximate surface area is 141 Å². The molecule has 0 fully saturated rings. The number of nitro benzene ring substituents is 1. The molecule has 2 N–H and O–H groups in total. The van der Waals surface area contributed by atoms with Crippen molar-refractivity contribution in [3.63, 3.8) is 0 Å². The Morgan fingerprint density at radius 2 is 1.92 bits per heavy atom. The summed E-state index contributed by atoms with van der Waals surface area (Å²) in [7, 11) is 0. The quantitative estimate of drug-likeness (QED) is 0.626.